The van der Waals surface area contributed by atoms with Crippen LogP contribution in [0.2, 0.25) is 0 Å². The summed E-state index contributed by atoms with van der Waals surface area (Å²) in [5.41, 5.74) is 0.618. The van der Waals surface area contributed by atoms with E-state index < -0.39 is 11.7 Å². The molecule has 2 aromatic rings. The maximum atomic E-state index is 13.8. The molecule has 2 atom stereocenters. The highest BCUT2D eigenvalue weighted by Gasteiger charge is 2.37. The first kappa shape index (κ1) is 26.9. The second kappa shape index (κ2) is 12.0. The van der Waals surface area contributed by atoms with Gasteiger partial charge in [-0.3, -0.25) is 9.69 Å². The van der Waals surface area contributed by atoms with E-state index in [0.717, 1.165) is 44.2 Å². The lowest BCUT2D eigenvalue weighted by Crippen LogP contribution is -2.48. The molecule has 4 rings (SSSR count). The number of benzene rings is 1. The van der Waals surface area contributed by atoms with Crippen molar-refractivity contribution in [2.24, 2.45) is 0 Å². The van der Waals surface area contributed by atoms with Gasteiger partial charge in [0, 0.05) is 44.8 Å². The second-order valence-electron chi connectivity index (χ2n) is 9.34. The van der Waals surface area contributed by atoms with Crippen molar-refractivity contribution in [3.63, 3.8) is 0 Å². The van der Waals surface area contributed by atoms with E-state index in [1.165, 1.54) is 14.0 Å². The Morgan fingerprint density at radius 3 is 2.59 bits per heavy atom. The van der Waals surface area contributed by atoms with Gasteiger partial charge in [0.15, 0.2) is 0 Å². The zero-order valence-corrected chi connectivity index (χ0v) is 21.0. The fraction of sp³-hybridized carbons (Fsp3) is 0.560. The molecule has 1 aromatic heterocycles. The Bertz CT molecular complexity index is 1080. The van der Waals surface area contributed by atoms with Crippen molar-refractivity contribution in [1.82, 2.24) is 20.2 Å². The van der Waals surface area contributed by atoms with Crippen molar-refractivity contribution in [1.29, 1.82) is 0 Å². The standard InChI is InChI=1S/C25H33F3N6O3/c1-16(35)30-19-5-3-4-6-20(19)31-23-18(25(26,27)28)14-29-24(33-23)32-21-8-7-17(13-22(21)36-2)15-34-9-11-37-12-10-34/h7-8,13-14,19-20H,3-6,9-12,15H2,1-2H3,(H,30,35)(H2,29,31,32,33). The Morgan fingerprint density at radius 1 is 1.19 bits per heavy atom. The maximum absolute atomic E-state index is 13.8. The maximum Gasteiger partial charge on any atom is 0.421 e. The molecule has 1 aliphatic heterocycles. The van der Waals surface area contributed by atoms with Crippen molar-refractivity contribution >= 4 is 23.4 Å². The number of morpholine rings is 1. The second-order valence-corrected chi connectivity index (χ2v) is 9.34. The molecule has 9 nitrogen and oxygen atoms in total. The Balaban J connectivity index is 1.55. The highest BCUT2D eigenvalue weighted by molar-refractivity contribution is 5.73. The summed E-state index contributed by atoms with van der Waals surface area (Å²) in [6.07, 6.45) is -0.826. The largest absolute Gasteiger partial charge is 0.495 e. The van der Waals surface area contributed by atoms with Crippen LogP contribution in [0.4, 0.5) is 30.6 Å². The number of nitrogens with one attached hydrogen (secondary N) is 3. The Labute approximate surface area is 214 Å². The van der Waals surface area contributed by atoms with Gasteiger partial charge in [0.25, 0.3) is 0 Å². The van der Waals surface area contributed by atoms with Gasteiger partial charge in [-0.2, -0.15) is 18.2 Å². The smallest absolute Gasteiger partial charge is 0.421 e. The van der Waals surface area contributed by atoms with E-state index in [9.17, 15) is 18.0 Å². The number of ether oxygens (including phenoxy) is 2. The van der Waals surface area contributed by atoms with Gasteiger partial charge in [-0.1, -0.05) is 18.9 Å². The summed E-state index contributed by atoms with van der Waals surface area (Å²) in [4.78, 5) is 22.0. The van der Waals surface area contributed by atoms with Gasteiger partial charge in [-0.15, -0.1) is 0 Å². The summed E-state index contributed by atoms with van der Waals surface area (Å²) in [5.74, 6) is -0.0116. The summed E-state index contributed by atoms with van der Waals surface area (Å²) >= 11 is 0. The van der Waals surface area contributed by atoms with Gasteiger partial charge in [-0.25, -0.2) is 4.98 Å². The number of hydrogen-bond donors (Lipinski definition) is 3. The number of methoxy groups -OCH3 is 1. The number of anilines is 3. The third kappa shape index (κ3) is 7.22. The van der Waals surface area contributed by atoms with Crippen molar-refractivity contribution < 1.29 is 27.4 Å². The lowest BCUT2D eigenvalue weighted by atomic mass is 9.90. The normalized spacial score (nSPS) is 20.8. The average Bonchev–Trinajstić information content (AvgIpc) is 2.86. The third-order valence-electron chi connectivity index (χ3n) is 6.59. The van der Waals surface area contributed by atoms with E-state index in [1.54, 1.807) is 6.07 Å². The van der Waals surface area contributed by atoms with Gasteiger partial charge in [0.2, 0.25) is 11.9 Å². The molecule has 37 heavy (non-hydrogen) atoms. The highest BCUT2D eigenvalue weighted by Crippen LogP contribution is 2.36. The van der Waals surface area contributed by atoms with Crippen molar-refractivity contribution in [3.05, 3.63) is 35.5 Å². The van der Waals surface area contributed by atoms with Crippen LogP contribution < -0.4 is 20.7 Å². The fourth-order valence-corrected chi connectivity index (χ4v) is 4.75. The molecule has 3 N–H and O–H groups in total. The van der Waals surface area contributed by atoms with Crippen LogP contribution in [0.3, 0.4) is 0 Å². The van der Waals surface area contributed by atoms with Crippen molar-refractivity contribution in [3.8, 4) is 5.75 Å². The quantitative estimate of drug-likeness (QED) is 0.480. The van der Waals surface area contributed by atoms with Gasteiger partial charge in [0.1, 0.15) is 17.1 Å². The lowest BCUT2D eigenvalue weighted by molar-refractivity contribution is -0.137. The molecule has 2 heterocycles. The van der Waals surface area contributed by atoms with Crippen molar-refractivity contribution in [2.75, 3.05) is 44.0 Å². The van der Waals surface area contributed by atoms with E-state index in [4.69, 9.17) is 9.47 Å². The molecule has 1 aliphatic carbocycles. The van der Waals surface area contributed by atoms with Crippen LogP contribution in [0.1, 0.15) is 43.7 Å². The molecule has 0 spiro atoms. The van der Waals surface area contributed by atoms with E-state index in [-0.39, 0.29) is 29.8 Å². The summed E-state index contributed by atoms with van der Waals surface area (Å²) in [6, 6.07) is 4.97. The fourth-order valence-electron chi connectivity index (χ4n) is 4.75. The van der Waals surface area contributed by atoms with E-state index in [2.05, 4.69) is 30.8 Å². The number of carbonyl (C=O) groups is 1. The zero-order chi connectivity index (χ0) is 26.4. The van der Waals surface area contributed by atoms with Crippen LogP contribution in [-0.4, -0.2) is 66.3 Å². The summed E-state index contributed by atoms with van der Waals surface area (Å²) in [6.45, 7) is 5.24. The first-order valence-electron chi connectivity index (χ1n) is 12.4. The summed E-state index contributed by atoms with van der Waals surface area (Å²) in [5, 5.41) is 8.79. The van der Waals surface area contributed by atoms with Crippen molar-refractivity contribution in [2.45, 2.75) is 57.4 Å². The zero-order valence-electron chi connectivity index (χ0n) is 21.0. The molecule has 2 unspecified atom stereocenters. The number of amides is 1. The minimum absolute atomic E-state index is 0.00150. The Morgan fingerprint density at radius 2 is 1.92 bits per heavy atom. The van der Waals surface area contributed by atoms with Crippen LogP contribution in [0.15, 0.2) is 24.4 Å². The minimum Gasteiger partial charge on any atom is -0.495 e. The van der Waals surface area contributed by atoms with E-state index >= 15 is 0 Å². The van der Waals surface area contributed by atoms with Crippen LogP contribution in [0, 0.1) is 0 Å². The highest BCUT2D eigenvalue weighted by atomic mass is 19.4. The number of nitrogens with zero attached hydrogens (tertiary/aromatic N) is 3. The van der Waals surface area contributed by atoms with Gasteiger partial charge in [0.05, 0.1) is 26.0 Å². The molecule has 1 saturated heterocycles. The van der Waals surface area contributed by atoms with E-state index in [0.29, 0.717) is 37.5 Å². The molecule has 202 valence electrons. The average molecular weight is 523 g/mol. The molecular formula is C25H33F3N6O3. The van der Waals surface area contributed by atoms with Gasteiger partial charge < -0.3 is 25.4 Å². The molecule has 12 heteroatoms. The molecule has 0 radical (unpaired) electrons. The molecule has 1 saturated carbocycles. The number of halogens is 3. The Hall–Kier alpha value is -3.12. The van der Waals surface area contributed by atoms with Crippen LogP contribution in [0.5, 0.6) is 5.75 Å². The number of rotatable bonds is 8. The van der Waals surface area contributed by atoms with Gasteiger partial charge in [-0.05, 0) is 30.5 Å². The molecule has 1 amide bonds. The topological polar surface area (TPSA) is 101 Å². The molecule has 1 aromatic carbocycles. The first-order chi connectivity index (χ1) is 17.7. The molecule has 0 bridgehead atoms. The Kier molecular flexibility index (Phi) is 8.70. The SMILES string of the molecule is COc1cc(CN2CCOCC2)ccc1Nc1ncc(C(F)(F)F)c(NC2CCCCC2NC(C)=O)n1. The van der Waals surface area contributed by atoms with E-state index in [1.807, 2.05) is 12.1 Å². The predicted molar refractivity (Wildman–Crippen MR) is 133 cm³/mol. The number of alkyl halides is 3. The van der Waals surface area contributed by atoms with Crippen LogP contribution in [0.25, 0.3) is 0 Å². The predicted octanol–water partition coefficient (Wildman–Crippen LogP) is 3.94. The molecule has 2 aliphatic rings. The number of carbonyl (C=O) groups excluding carboxylic acids is 1. The number of hydrogen-bond acceptors (Lipinski definition) is 8. The monoisotopic (exact) mass is 522 g/mol. The minimum atomic E-state index is -4.64. The van der Waals surface area contributed by atoms with Crippen LogP contribution >= 0.6 is 0 Å². The molecular weight excluding hydrogens is 489 g/mol. The molecule has 2 fully saturated rings. The lowest BCUT2D eigenvalue weighted by Gasteiger charge is -2.33. The van der Waals surface area contributed by atoms with Gasteiger partial charge >= 0.3 is 6.18 Å². The number of aromatic nitrogens is 2. The first-order valence-corrected chi connectivity index (χ1v) is 12.4. The summed E-state index contributed by atoms with van der Waals surface area (Å²) < 4.78 is 52.3. The van der Waals surface area contributed by atoms with Crippen LogP contribution in [-0.2, 0) is 22.3 Å². The summed E-state index contributed by atoms with van der Waals surface area (Å²) in [7, 11) is 1.53. The third-order valence-corrected chi connectivity index (χ3v) is 6.59.